The van der Waals surface area contributed by atoms with E-state index in [1.165, 1.54) is 0 Å². The molecule has 1 atom stereocenters. The van der Waals surface area contributed by atoms with Gasteiger partial charge in [0.2, 0.25) is 5.91 Å². The smallest absolute Gasteiger partial charge is 0.233 e. The monoisotopic (exact) mass is 346 g/mol. The van der Waals surface area contributed by atoms with E-state index in [-0.39, 0.29) is 23.5 Å². The first-order valence-corrected chi connectivity index (χ1v) is 10.2. The van der Waals surface area contributed by atoms with Crippen LogP contribution in [0.1, 0.15) is 30.5 Å². The van der Waals surface area contributed by atoms with Crippen molar-refractivity contribution in [2.75, 3.05) is 18.6 Å². The van der Waals surface area contributed by atoms with Crippen LogP contribution < -0.4 is 0 Å². The number of aryl methyl sites for hydroxylation is 1. The molecule has 4 rings (SSSR count). The van der Waals surface area contributed by atoms with Gasteiger partial charge in [-0.25, -0.2) is 8.42 Å². The molecule has 0 spiro atoms. The fourth-order valence-corrected chi connectivity index (χ4v) is 5.95. The quantitative estimate of drug-likeness (QED) is 0.926. The van der Waals surface area contributed by atoms with Crippen LogP contribution in [-0.2, 0) is 20.0 Å². The standard InChI is InChI=1S/C18H22N2O3S/c1-12-16(14-5-3-4-6-15(14)19-12)18(8-9-18)17(21)20(2)13-7-10-24(22,23)11-13/h3-6,13,19H,7-11H2,1-2H3. The molecule has 24 heavy (non-hydrogen) atoms. The van der Waals surface area contributed by atoms with E-state index in [1.54, 1.807) is 11.9 Å². The first kappa shape index (κ1) is 15.7. The van der Waals surface area contributed by atoms with Gasteiger partial charge in [-0.1, -0.05) is 18.2 Å². The largest absolute Gasteiger partial charge is 0.358 e. The van der Waals surface area contributed by atoms with Crippen molar-refractivity contribution in [3.8, 4) is 0 Å². The van der Waals surface area contributed by atoms with Crippen LogP contribution in [0.25, 0.3) is 10.9 Å². The number of para-hydroxylation sites is 1. The van der Waals surface area contributed by atoms with Crippen molar-refractivity contribution in [2.45, 2.75) is 37.6 Å². The number of carbonyl (C=O) groups excluding carboxylic acids is 1. The molecule has 0 radical (unpaired) electrons. The average Bonchev–Trinajstić information content (AvgIpc) is 3.14. The van der Waals surface area contributed by atoms with E-state index in [0.29, 0.717) is 6.42 Å². The number of rotatable bonds is 3. The molecule has 1 aromatic carbocycles. The Labute approximate surface area is 142 Å². The molecule has 2 heterocycles. The van der Waals surface area contributed by atoms with Crippen LogP contribution in [0.15, 0.2) is 24.3 Å². The maximum atomic E-state index is 13.2. The van der Waals surface area contributed by atoms with Crippen molar-refractivity contribution in [2.24, 2.45) is 0 Å². The molecule has 2 fully saturated rings. The van der Waals surface area contributed by atoms with Gasteiger partial charge in [-0.2, -0.15) is 0 Å². The van der Waals surface area contributed by atoms with Gasteiger partial charge in [0.25, 0.3) is 0 Å². The highest BCUT2D eigenvalue weighted by molar-refractivity contribution is 7.91. The highest BCUT2D eigenvalue weighted by Crippen LogP contribution is 2.53. The third-order valence-corrected chi connectivity index (χ3v) is 7.36. The Hall–Kier alpha value is -1.82. The molecule has 1 unspecified atom stereocenters. The van der Waals surface area contributed by atoms with Crippen molar-refractivity contribution < 1.29 is 13.2 Å². The van der Waals surface area contributed by atoms with Crippen molar-refractivity contribution in [3.63, 3.8) is 0 Å². The molecular weight excluding hydrogens is 324 g/mol. The number of amides is 1. The summed E-state index contributed by atoms with van der Waals surface area (Å²) >= 11 is 0. The second-order valence-corrected chi connectivity index (χ2v) is 9.45. The highest BCUT2D eigenvalue weighted by atomic mass is 32.2. The zero-order chi connectivity index (χ0) is 17.1. The third kappa shape index (κ3) is 2.27. The number of benzene rings is 1. The van der Waals surface area contributed by atoms with Gasteiger partial charge in [0.15, 0.2) is 9.84 Å². The summed E-state index contributed by atoms with van der Waals surface area (Å²) in [7, 11) is -1.23. The zero-order valence-corrected chi connectivity index (χ0v) is 14.8. The third-order valence-electron chi connectivity index (χ3n) is 5.61. The molecule has 1 aromatic heterocycles. The first-order valence-electron chi connectivity index (χ1n) is 8.39. The van der Waals surface area contributed by atoms with Crippen LogP contribution in [0, 0.1) is 6.92 Å². The van der Waals surface area contributed by atoms with Crippen LogP contribution in [-0.4, -0.2) is 48.8 Å². The van der Waals surface area contributed by atoms with Crippen LogP contribution in [0.3, 0.4) is 0 Å². The van der Waals surface area contributed by atoms with Gasteiger partial charge < -0.3 is 9.88 Å². The Morgan fingerprint density at radius 2 is 2.00 bits per heavy atom. The van der Waals surface area contributed by atoms with Crippen LogP contribution in [0.4, 0.5) is 0 Å². The topological polar surface area (TPSA) is 70.2 Å². The molecule has 128 valence electrons. The minimum absolute atomic E-state index is 0.0671. The molecule has 0 bridgehead atoms. The predicted molar refractivity (Wildman–Crippen MR) is 93.8 cm³/mol. The SMILES string of the molecule is Cc1[nH]c2ccccc2c1C1(C(=O)N(C)C2CCS(=O)(=O)C2)CC1. The fraction of sp³-hybridized carbons (Fsp3) is 0.500. The van der Waals surface area contributed by atoms with Gasteiger partial charge >= 0.3 is 0 Å². The van der Waals surface area contributed by atoms with Gasteiger partial charge in [0.05, 0.1) is 16.9 Å². The lowest BCUT2D eigenvalue weighted by molar-refractivity contribution is -0.134. The van der Waals surface area contributed by atoms with Crippen molar-refractivity contribution in [1.82, 2.24) is 9.88 Å². The summed E-state index contributed by atoms with van der Waals surface area (Å²) in [5.74, 6) is 0.351. The van der Waals surface area contributed by atoms with E-state index in [2.05, 4.69) is 11.1 Å². The number of hydrogen-bond acceptors (Lipinski definition) is 3. The number of aromatic amines is 1. The predicted octanol–water partition coefficient (Wildman–Crippen LogP) is 2.15. The second kappa shape index (κ2) is 5.09. The molecule has 2 aromatic rings. The normalized spacial score (nSPS) is 24.2. The van der Waals surface area contributed by atoms with E-state index in [0.717, 1.165) is 35.0 Å². The molecule has 6 heteroatoms. The number of fused-ring (bicyclic) bond motifs is 1. The Bertz CT molecular complexity index is 925. The Balaban J connectivity index is 1.70. The second-order valence-electron chi connectivity index (χ2n) is 7.23. The molecule has 1 aliphatic carbocycles. The van der Waals surface area contributed by atoms with E-state index in [1.807, 2.05) is 25.1 Å². The maximum absolute atomic E-state index is 13.2. The van der Waals surface area contributed by atoms with Crippen molar-refractivity contribution in [3.05, 3.63) is 35.5 Å². The molecule has 1 saturated carbocycles. The summed E-state index contributed by atoms with van der Waals surface area (Å²) in [6, 6.07) is 7.87. The van der Waals surface area contributed by atoms with Gasteiger partial charge in [-0.3, -0.25) is 4.79 Å². The number of H-pyrrole nitrogens is 1. The van der Waals surface area contributed by atoms with Crippen molar-refractivity contribution >= 4 is 26.6 Å². The molecule has 2 aliphatic rings. The Kier molecular flexibility index (Phi) is 3.33. The van der Waals surface area contributed by atoms with Crippen LogP contribution in [0.2, 0.25) is 0 Å². The van der Waals surface area contributed by atoms with Crippen molar-refractivity contribution in [1.29, 1.82) is 0 Å². The summed E-state index contributed by atoms with van der Waals surface area (Å²) in [4.78, 5) is 18.3. The van der Waals surface area contributed by atoms with Gasteiger partial charge in [-0.15, -0.1) is 0 Å². The van der Waals surface area contributed by atoms with Gasteiger partial charge in [0, 0.05) is 29.7 Å². The molecule has 1 aliphatic heterocycles. The Morgan fingerprint density at radius 3 is 2.62 bits per heavy atom. The summed E-state index contributed by atoms with van der Waals surface area (Å²) in [5.41, 5.74) is 2.70. The average molecular weight is 346 g/mol. The lowest BCUT2D eigenvalue weighted by Gasteiger charge is -2.28. The summed E-state index contributed by atoms with van der Waals surface area (Å²) in [6.45, 7) is 2.02. The molecule has 5 nitrogen and oxygen atoms in total. The zero-order valence-electron chi connectivity index (χ0n) is 14.0. The number of carbonyl (C=O) groups is 1. The first-order chi connectivity index (χ1) is 11.3. The number of sulfone groups is 1. The van der Waals surface area contributed by atoms with Crippen LogP contribution >= 0.6 is 0 Å². The Morgan fingerprint density at radius 1 is 1.29 bits per heavy atom. The maximum Gasteiger partial charge on any atom is 0.233 e. The number of hydrogen-bond donors (Lipinski definition) is 1. The summed E-state index contributed by atoms with van der Waals surface area (Å²) in [6.07, 6.45) is 2.21. The molecular formula is C18H22N2O3S. The van der Waals surface area contributed by atoms with E-state index < -0.39 is 15.3 Å². The number of nitrogens with zero attached hydrogens (tertiary/aromatic N) is 1. The molecule has 1 N–H and O–H groups in total. The molecule has 1 saturated heterocycles. The van der Waals surface area contributed by atoms with Gasteiger partial charge in [0.1, 0.15) is 0 Å². The van der Waals surface area contributed by atoms with E-state index in [4.69, 9.17) is 0 Å². The van der Waals surface area contributed by atoms with E-state index in [9.17, 15) is 13.2 Å². The lowest BCUT2D eigenvalue weighted by Crippen LogP contribution is -2.43. The van der Waals surface area contributed by atoms with E-state index >= 15 is 0 Å². The summed E-state index contributed by atoms with van der Waals surface area (Å²) in [5, 5.41) is 1.10. The number of nitrogens with one attached hydrogen (secondary N) is 1. The minimum atomic E-state index is -3.00. The number of likely N-dealkylation sites (N-methyl/N-ethyl adjacent to an activating group) is 1. The lowest BCUT2D eigenvalue weighted by atomic mass is 9.91. The number of aromatic nitrogens is 1. The fourth-order valence-electron chi connectivity index (χ4n) is 4.17. The molecule has 1 amide bonds. The van der Waals surface area contributed by atoms with Crippen LogP contribution in [0.5, 0.6) is 0 Å². The highest BCUT2D eigenvalue weighted by Gasteiger charge is 2.55. The summed E-state index contributed by atoms with van der Waals surface area (Å²) < 4.78 is 23.5. The minimum Gasteiger partial charge on any atom is -0.358 e. The van der Waals surface area contributed by atoms with Gasteiger partial charge in [-0.05, 0) is 37.8 Å².